The molecule has 1 N–H and O–H groups in total. The van der Waals surface area contributed by atoms with Crippen molar-refractivity contribution in [2.75, 3.05) is 42.8 Å². The summed E-state index contributed by atoms with van der Waals surface area (Å²) in [5.74, 6) is -0.630. The van der Waals surface area contributed by atoms with Gasteiger partial charge in [0.25, 0.3) is 11.6 Å². The highest BCUT2D eigenvalue weighted by atomic mass is 32.2. The fourth-order valence-corrected chi connectivity index (χ4v) is 3.56. The fourth-order valence-electron chi connectivity index (χ4n) is 2.89. The molecule has 148 valence electrons. The molecule has 0 spiro atoms. The van der Waals surface area contributed by atoms with Crippen LogP contribution in [0.25, 0.3) is 0 Å². The van der Waals surface area contributed by atoms with E-state index in [9.17, 15) is 23.3 Å². The van der Waals surface area contributed by atoms with E-state index in [2.05, 4.69) is 10.2 Å². The van der Waals surface area contributed by atoms with Crippen molar-refractivity contribution in [1.82, 2.24) is 0 Å². The predicted molar refractivity (Wildman–Crippen MR) is 104 cm³/mol. The standard InChI is InChI=1S/C18H19N3O6S/c1-28(25,26)15-11-13(10-14(12-15)21(23)24)18(22)19-16-4-2-3-5-17(16)20-6-8-27-9-7-20/h2-5,10-12H,6-9H2,1H3,(H,19,22). The number of nitro benzene ring substituents is 1. The van der Waals surface area contributed by atoms with E-state index in [1.807, 2.05) is 12.1 Å². The summed E-state index contributed by atoms with van der Waals surface area (Å²) in [7, 11) is -3.72. The monoisotopic (exact) mass is 405 g/mol. The Morgan fingerprint density at radius 3 is 2.50 bits per heavy atom. The lowest BCUT2D eigenvalue weighted by atomic mass is 10.1. The average Bonchev–Trinajstić information content (AvgIpc) is 2.68. The molecule has 1 fully saturated rings. The van der Waals surface area contributed by atoms with E-state index in [-0.39, 0.29) is 10.5 Å². The van der Waals surface area contributed by atoms with Crippen LogP contribution < -0.4 is 10.2 Å². The van der Waals surface area contributed by atoms with Gasteiger partial charge in [0, 0.05) is 37.0 Å². The fraction of sp³-hybridized carbons (Fsp3) is 0.278. The zero-order valence-corrected chi connectivity index (χ0v) is 15.9. The predicted octanol–water partition coefficient (Wildman–Crippen LogP) is 2.09. The van der Waals surface area contributed by atoms with E-state index in [0.29, 0.717) is 32.0 Å². The van der Waals surface area contributed by atoms with Crippen molar-refractivity contribution in [3.8, 4) is 0 Å². The summed E-state index contributed by atoms with van der Waals surface area (Å²) in [6.07, 6.45) is 0.932. The number of non-ortho nitro benzene ring substituents is 1. The number of nitro groups is 1. The highest BCUT2D eigenvalue weighted by Crippen LogP contribution is 2.28. The maximum Gasteiger partial charge on any atom is 0.271 e. The Hall–Kier alpha value is -2.98. The van der Waals surface area contributed by atoms with Gasteiger partial charge in [0.2, 0.25) is 0 Å². The van der Waals surface area contributed by atoms with E-state index >= 15 is 0 Å². The van der Waals surface area contributed by atoms with Crippen molar-refractivity contribution in [2.45, 2.75) is 4.90 Å². The van der Waals surface area contributed by atoms with Gasteiger partial charge in [-0.15, -0.1) is 0 Å². The second-order valence-corrected chi connectivity index (χ2v) is 8.33. The first-order valence-corrected chi connectivity index (χ1v) is 10.4. The first-order chi connectivity index (χ1) is 13.3. The molecule has 9 nitrogen and oxygen atoms in total. The van der Waals surface area contributed by atoms with Crippen molar-refractivity contribution in [3.05, 3.63) is 58.1 Å². The molecule has 1 heterocycles. The zero-order chi connectivity index (χ0) is 20.3. The molecule has 28 heavy (non-hydrogen) atoms. The van der Waals surface area contributed by atoms with Gasteiger partial charge in [-0.25, -0.2) is 8.42 Å². The molecule has 1 aliphatic rings. The highest BCUT2D eigenvalue weighted by molar-refractivity contribution is 7.90. The summed E-state index contributed by atoms with van der Waals surface area (Å²) in [6.45, 7) is 2.49. The van der Waals surface area contributed by atoms with Crippen LogP contribution >= 0.6 is 0 Å². The molecule has 0 saturated carbocycles. The van der Waals surface area contributed by atoms with Crippen molar-refractivity contribution >= 4 is 32.8 Å². The Bertz CT molecular complexity index is 1020. The molecule has 1 saturated heterocycles. The number of sulfone groups is 1. The van der Waals surface area contributed by atoms with Crippen LogP contribution in [0.1, 0.15) is 10.4 Å². The largest absolute Gasteiger partial charge is 0.378 e. The van der Waals surface area contributed by atoms with Gasteiger partial charge in [0.1, 0.15) is 0 Å². The quantitative estimate of drug-likeness (QED) is 0.597. The van der Waals surface area contributed by atoms with Crippen molar-refractivity contribution in [3.63, 3.8) is 0 Å². The van der Waals surface area contributed by atoms with Crippen LogP contribution in [0.2, 0.25) is 0 Å². The zero-order valence-electron chi connectivity index (χ0n) is 15.1. The Balaban J connectivity index is 1.94. The van der Waals surface area contributed by atoms with E-state index in [1.165, 1.54) is 0 Å². The number of nitrogens with one attached hydrogen (secondary N) is 1. The number of para-hydroxylation sites is 2. The Kier molecular flexibility index (Phi) is 5.61. The normalized spacial score (nSPS) is 14.5. The molecule has 1 aliphatic heterocycles. The molecule has 2 aromatic carbocycles. The summed E-state index contributed by atoms with van der Waals surface area (Å²) in [5.41, 5.74) is 0.760. The van der Waals surface area contributed by atoms with Crippen molar-refractivity contribution in [2.24, 2.45) is 0 Å². The van der Waals surface area contributed by atoms with Gasteiger partial charge in [0.05, 0.1) is 34.4 Å². The number of nitrogens with zero attached hydrogens (tertiary/aromatic N) is 2. The molecule has 3 rings (SSSR count). The van der Waals surface area contributed by atoms with Crippen LogP contribution in [-0.4, -0.2) is 51.8 Å². The van der Waals surface area contributed by atoms with Gasteiger partial charge in [0.15, 0.2) is 9.84 Å². The number of anilines is 2. The van der Waals surface area contributed by atoms with Gasteiger partial charge in [-0.2, -0.15) is 0 Å². The molecular weight excluding hydrogens is 386 g/mol. The van der Waals surface area contributed by atoms with Gasteiger partial charge in [-0.05, 0) is 18.2 Å². The topological polar surface area (TPSA) is 119 Å². The van der Waals surface area contributed by atoms with E-state index in [4.69, 9.17) is 4.74 Å². The maximum absolute atomic E-state index is 12.7. The summed E-state index contributed by atoms with van der Waals surface area (Å²) in [6, 6.07) is 10.3. The smallest absolute Gasteiger partial charge is 0.271 e. The number of benzene rings is 2. The maximum atomic E-state index is 12.7. The summed E-state index contributed by atoms with van der Waals surface area (Å²) in [4.78, 5) is 24.9. The Morgan fingerprint density at radius 2 is 1.86 bits per heavy atom. The molecule has 2 aromatic rings. The van der Waals surface area contributed by atoms with Gasteiger partial charge < -0.3 is 15.0 Å². The second kappa shape index (κ2) is 7.95. The minimum Gasteiger partial charge on any atom is -0.378 e. The molecule has 1 amide bonds. The summed E-state index contributed by atoms with van der Waals surface area (Å²) >= 11 is 0. The number of morpholine rings is 1. The molecule has 0 bridgehead atoms. The second-order valence-electron chi connectivity index (χ2n) is 6.32. The minimum absolute atomic E-state index is 0.105. The SMILES string of the molecule is CS(=O)(=O)c1cc(C(=O)Nc2ccccc2N2CCOCC2)cc([N+](=O)[O-])c1. The lowest BCUT2D eigenvalue weighted by Gasteiger charge is -2.30. The van der Waals surface area contributed by atoms with Crippen LogP contribution in [-0.2, 0) is 14.6 Å². The molecule has 0 unspecified atom stereocenters. The molecule has 0 atom stereocenters. The number of hydrogen-bond acceptors (Lipinski definition) is 7. The van der Waals surface area contributed by atoms with Crippen molar-refractivity contribution < 1.29 is 22.9 Å². The number of amides is 1. The first-order valence-electron chi connectivity index (χ1n) is 8.48. The number of hydrogen-bond donors (Lipinski definition) is 1. The van der Waals surface area contributed by atoms with Crippen LogP contribution in [0.4, 0.5) is 17.1 Å². The molecule has 0 aromatic heterocycles. The van der Waals surface area contributed by atoms with Crippen molar-refractivity contribution in [1.29, 1.82) is 0 Å². The first kappa shape index (κ1) is 19.8. The third kappa shape index (κ3) is 4.46. The number of carbonyl (C=O) groups excluding carboxylic acids is 1. The van der Waals surface area contributed by atoms with Crippen LogP contribution in [0.3, 0.4) is 0 Å². The van der Waals surface area contributed by atoms with E-state index in [1.54, 1.807) is 12.1 Å². The lowest BCUT2D eigenvalue weighted by Crippen LogP contribution is -2.36. The third-order valence-corrected chi connectivity index (χ3v) is 5.39. The van der Waals surface area contributed by atoms with Gasteiger partial charge in [-0.1, -0.05) is 12.1 Å². The molecule has 0 aliphatic carbocycles. The Labute approximate surface area is 162 Å². The van der Waals surface area contributed by atoms with E-state index < -0.39 is 26.4 Å². The number of carbonyl (C=O) groups is 1. The van der Waals surface area contributed by atoms with Gasteiger partial charge in [-0.3, -0.25) is 14.9 Å². The third-order valence-electron chi connectivity index (χ3n) is 4.30. The Morgan fingerprint density at radius 1 is 1.18 bits per heavy atom. The molecular formula is C18H19N3O6S. The van der Waals surface area contributed by atoms with Crippen LogP contribution in [0.5, 0.6) is 0 Å². The minimum atomic E-state index is -3.72. The number of rotatable bonds is 5. The van der Waals surface area contributed by atoms with E-state index in [0.717, 1.165) is 30.1 Å². The molecule has 0 radical (unpaired) electrons. The summed E-state index contributed by atoms with van der Waals surface area (Å²) < 4.78 is 29.0. The van der Waals surface area contributed by atoms with Crippen LogP contribution in [0.15, 0.2) is 47.4 Å². The highest BCUT2D eigenvalue weighted by Gasteiger charge is 2.21. The van der Waals surface area contributed by atoms with Gasteiger partial charge >= 0.3 is 0 Å². The van der Waals surface area contributed by atoms with Crippen LogP contribution in [0, 0.1) is 10.1 Å². The lowest BCUT2D eigenvalue weighted by molar-refractivity contribution is -0.385. The molecule has 10 heteroatoms. The summed E-state index contributed by atoms with van der Waals surface area (Å²) in [5, 5.41) is 13.9. The number of ether oxygens (including phenoxy) is 1. The average molecular weight is 405 g/mol.